The second-order valence-corrected chi connectivity index (χ2v) is 3.84. The van der Waals surface area contributed by atoms with Crippen LogP contribution in [-0.2, 0) is 14.3 Å². The van der Waals surface area contributed by atoms with Gasteiger partial charge >= 0.3 is 0 Å². The third-order valence-corrected chi connectivity index (χ3v) is 2.74. The monoisotopic (exact) mass is 182 g/mol. The summed E-state index contributed by atoms with van der Waals surface area (Å²) in [7, 11) is 1.65. The number of ether oxygens (including phenoxy) is 2. The van der Waals surface area contributed by atoms with Crippen LogP contribution in [0.5, 0.6) is 0 Å². The molecule has 0 spiro atoms. The number of hydrogen-bond donors (Lipinski definition) is 0. The Morgan fingerprint density at radius 3 is 3.00 bits per heavy atom. The number of allylic oxidation sites excluding steroid dienone is 1. The van der Waals surface area contributed by atoms with Crippen LogP contribution in [0.2, 0.25) is 0 Å². The predicted octanol–water partition coefficient (Wildman–Crippen LogP) is 1.28. The van der Waals surface area contributed by atoms with Gasteiger partial charge in [-0.1, -0.05) is 0 Å². The predicted molar refractivity (Wildman–Crippen MR) is 47.2 cm³/mol. The van der Waals surface area contributed by atoms with Gasteiger partial charge in [0.1, 0.15) is 5.60 Å². The molecule has 13 heavy (non-hydrogen) atoms. The van der Waals surface area contributed by atoms with E-state index in [2.05, 4.69) is 0 Å². The van der Waals surface area contributed by atoms with Crippen molar-refractivity contribution >= 4 is 5.78 Å². The number of carbonyl (C=O) groups is 1. The number of methoxy groups -OCH3 is 1. The highest BCUT2D eigenvalue weighted by Gasteiger charge is 2.49. The van der Waals surface area contributed by atoms with E-state index in [1.165, 1.54) is 12.3 Å². The Kier molecular flexibility index (Phi) is 2.12. The lowest BCUT2D eigenvalue weighted by atomic mass is 9.90. The van der Waals surface area contributed by atoms with Crippen molar-refractivity contribution in [2.45, 2.75) is 24.9 Å². The smallest absolute Gasteiger partial charge is 0.162 e. The van der Waals surface area contributed by atoms with Crippen LogP contribution < -0.4 is 0 Å². The molecule has 1 heterocycles. The molecule has 72 valence electrons. The molecule has 1 aliphatic heterocycles. The van der Waals surface area contributed by atoms with Gasteiger partial charge in [0.15, 0.2) is 5.78 Å². The van der Waals surface area contributed by atoms with E-state index in [0.717, 1.165) is 12.8 Å². The van der Waals surface area contributed by atoms with E-state index < -0.39 is 0 Å². The van der Waals surface area contributed by atoms with Crippen LogP contribution in [0.1, 0.15) is 19.3 Å². The minimum atomic E-state index is -0.347. The highest BCUT2D eigenvalue weighted by Crippen LogP contribution is 2.45. The molecule has 0 aromatic carbocycles. The van der Waals surface area contributed by atoms with Crippen LogP contribution in [-0.4, -0.2) is 25.1 Å². The SMILES string of the molecule is COCC1(C2CC2)CC(=O)C=CO1. The molecule has 2 aliphatic rings. The van der Waals surface area contributed by atoms with Crippen molar-refractivity contribution in [3.8, 4) is 0 Å². The summed E-state index contributed by atoms with van der Waals surface area (Å²) in [6.07, 6.45) is 5.80. The molecule has 1 fully saturated rings. The molecule has 1 aliphatic carbocycles. The van der Waals surface area contributed by atoms with Gasteiger partial charge < -0.3 is 9.47 Å². The summed E-state index contributed by atoms with van der Waals surface area (Å²) in [5.74, 6) is 0.663. The van der Waals surface area contributed by atoms with Gasteiger partial charge in [0.2, 0.25) is 0 Å². The molecule has 0 amide bonds. The zero-order valence-corrected chi connectivity index (χ0v) is 7.79. The fourth-order valence-electron chi connectivity index (χ4n) is 1.94. The van der Waals surface area contributed by atoms with Crippen LogP contribution >= 0.6 is 0 Å². The second kappa shape index (κ2) is 3.14. The van der Waals surface area contributed by atoms with Crippen molar-refractivity contribution in [1.29, 1.82) is 0 Å². The van der Waals surface area contributed by atoms with Crippen molar-refractivity contribution in [3.05, 3.63) is 12.3 Å². The molecule has 2 rings (SSSR count). The van der Waals surface area contributed by atoms with E-state index in [4.69, 9.17) is 9.47 Å². The molecule has 1 saturated carbocycles. The third kappa shape index (κ3) is 1.61. The van der Waals surface area contributed by atoms with Gasteiger partial charge in [-0.2, -0.15) is 0 Å². The zero-order chi connectivity index (χ0) is 9.31. The molecular formula is C10H14O3. The van der Waals surface area contributed by atoms with Crippen LogP contribution in [0.15, 0.2) is 12.3 Å². The molecule has 1 unspecified atom stereocenters. The quantitative estimate of drug-likeness (QED) is 0.659. The van der Waals surface area contributed by atoms with E-state index >= 15 is 0 Å². The van der Waals surface area contributed by atoms with Gasteiger partial charge in [-0.3, -0.25) is 4.79 Å². The summed E-state index contributed by atoms with van der Waals surface area (Å²) in [4.78, 5) is 11.3. The zero-order valence-electron chi connectivity index (χ0n) is 7.79. The normalized spacial score (nSPS) is 33.2. The Balaban J connectivity index is 2.13. The minimum Gasteiger partial charge on any atom is -0.492 e. The summed E-state index contributed by atoms with van der Waals surface area (Å²) in [6.45, 7) is 0.522. The average Bonchev–Trinajstić information content (AvgIpc) is 2.86. The fraction of sp³-hybridized carbons (Fsp3) is 0.700. The number of hydrogen-bond acceptors (Lipinski definition) is 3. The van der Waals surface area contributed by atoms with Crippen LogP contribution in [0.25, 0.3) is 0 Å². The highest BCUT2D eigenvalue weighted by molar-refractivity contribution is 5.91. The Bertz CT molecular complexity index is 243. The Hall–Kier alpha value is -0.830. The van der Waals surface area contributed by atoms with Gasteiger partial charge in [-0.25, -0.2) is 0 Å². The number of rotatable bonds is 3. The summed E-state index contributed by atoms with van der Waals surface area (Å²) in [5, 5.41) is 0. The molecule has 1 atom stereocenters. The van der Waals surface area contributed by atoms with Gasteiger partial charge in [-0.05, 0) is 12.8 Å². The van der Waals surface area contributed by atoms with E-state index in [9.17, 15) is 4.79 Å². The van der Waals surface area contributed by atoms with Crippen molar-refractivity contribution < 1.29 is 14.3 Å². The highest BCUT2D eigenvalue weighted by atomic mass is 16.5. The second-order valence-electron chi connectivity index (χ2n) is 3.84. The van der Waals surface area contributed by atoms with E-state index in [1.807, 2.05) is 0 Å². The van der Waals surface area contributed by atoms with Crippen LogP contribution in [0.3, 0.4) is 0 Å². The number of carbonyl (C=O) groups excluding carboxylic acids is 1. The first-order valence-electron chi connectivity index (χ1n) is 4.63. The first-order valence-corrected chi connectivity index (χ1v) is 4.63. The molecule has 0 bridgehead atoms. The maximum atomic E-state index is 11.3. The van der Waals surface area contributed by atoms with Gasteiger partial charge in [0.25, 0.3) is 0 Å². The minimum absolute atomic E-state index is 0.148. The fourth-order valence-corrected chi connectivity index (χ4v) is 1.94. The molecule has 0 saturated heterocycles. The Morgan fingerprint density at radius 2 is 2.46 bits per heavy atom. The van der Waals surface area contributed by atoms with Gasteiger partial charge in [-0.15, -0.1) is 0 Å². The van der Waals surface area contributed by atoms with Gasteiger partial charge in [0.05, 0.1) is 19.3 Å². The summed E-state index contributed by atoms with van der Waals surface area (Å²) >= 11 is 0. The van der Waals surface area contributed by atoms with Crippen molar-refractivity contribution in [3.63, 3.8) is 0 Å². The number of ketones is 1. The average molecular weight is 182 g/mol. The Morgan fingerprint density at radius 1 is 1.69 bits per heavy atom. The third-order valence-electron chi connectivity index (χ3n) is 2.74. The van der Waals surface area contributed by atoms with E-state index in [1.54, 1.807) is 7.11 Å². The van der Waals surface area contributed by atoms with Crippen LogP contribution in [0.4, 0.5) is 0 Å². The summed E-state index contributed by atoms with van der Waals surface area (Å²) in [5.41, 5.74) is -0.347. The van der Waals surface area contributed by atoms with E-state index in [0.29, 0.717) is 18.9 Å². The lowest BCUT2D eigenvalue weighted by Crippen LogP contribution is -2.42. The summed E-state index contributed by atoms with van der Waals surface area (Å²) in [6, 6.07) is 0. The lowest BCUT2D eigenvalue weighted by molar-refractivity contribution is -0.128. The molecule has 0 aromatic rings. The van der Waals surface area contributed by atoms with Crippen LogP contribution in [0, 0.1) is 5.92 Å². The molecule has 0 aromatic heterocycles. The van der Waals surface area contributed by atoms with Crippen molar-refractivity contribution in [2.75, 3.05) is 13.7 Å². The molecule has 0 N–H and O–H groups in total. The Labute approximate surface area is 77.7 Å². The molecule has 3 heteroatoms. The molecule has 0 radical (unpaired) electrons. The van der Waals surface area contributed by atoms with Crippen molar-refractivity contribution in [2.24, 2.45) is 5.92 Å². The largest absolute Gasteiger partial charge is 0.492 e. The maximum absolute atomic E-state index is 11.3. The van der Waals surface area contributed by atoms with Gasteiger partial charge in [0, 0.05) is 19.1 Å². The standard InChI is InChI=1S/C10H14O3/c1-12-7-10(8-2-3-8)6-9(11)4-5-13-10/h4-5,8H,2-3,6-7H2,1H3. The molecule has 3 nitrogen and oxygen atoms in total. The first-order chi connectivity index (χ1) is 6.27. The first kappa shape index (κ1) is 8.75. The maximum Gasteiger partial charge on any atom is 0.162 e. The summed E-state index contributed by atoms with van der Waals surface area (Å²) < 4.78 is 10.7. The van der Waals surface area contributed by atoms with E-state index in [-0.39, 0.29) is 11.4 Å². The van der Waals surface area contributed by atoms with Crippen molar-refractivity contribution in [1.82, 2.24) is 0 Å². The topological polar surface area (TPSA) is 35.5 Å². The lowest BCUT2D eigenvalue weighted by Gasteiger charge is -2.33. The molecular weight excluding hydrogens is 168 g/mol.